The van der Waals surface area contributed by atoms with Crippen LogP contribution in [0.2, 0.25) is 0 Å². The van der Waals surface area contributed by atoms with Gasteiger partial charge in [-0.25, -0.2) is 4.79 Å². The molecule has 1 unspecified atom stereocenters. The molecule has 1 aromatic rings. The molecule has 0 N–H and O–H groups in total. The van der Waals surface area contributed by atoms with Crippen LogP contribution in [-0.4, -0.2) is 6.08 Å². The molecular formula is C9H8ClNO. The minimum Gasteiger partial charge on any atom is -0.211 e. The molecule has 1 rings (SSSR count). The Kier molecular flexibility index (Phi) is 3.03. The molecule has 0 aliphatic heterocycles. The molecule has 0 amide bonds. The Labute approximate surface area is 75.9 Å². The molecule has 0 aliphatic carbocycles. The number of nitrogens with zero attached hydrogens (tertiary/aromatic N) is 1. The highest BCUT2D eigenvalue weighted by Crippen LogP contribution is 2.23. The number of hydrogen-bond donors (Lipinski definition) is 0. The third kappa shape index (κ3) is 2.19. The Morgan fingerprint density at radius 2 is 2.33 bits per heavy atom. The zero-order chi connectivity index (χ0) is 8.97. The Morgan fingerprint density at radius 3 is 2.92 bits per heavy atom. The van der Waals surface area contributed by atoms with E-state index in [2.05, 4.69) is 4.99 Å². The maximum absolute atomic E-state index is 9.93. The van der Waals surface area contributed by atoms with Gasteiger partial charge in [0.05, 0.1) is 11.1 Å². The Bertz CT molecular complexity index is 316. The second kappa shape index (κ2) is 4.05. The number of halogens is 1. The van der Waals surface area contributed by atoms with E-state index >= 15 is 0 Å². The number of alkyl halides is 1. The van der Waals surface area contributed by atoms with Crippen LogP contribution in [0.3, 0.4) is 0 Å². The molecule has 0 radical (unpaired) electrons. The molecular weight excluding hydrogens is 174 g/mol. The van der Waals surface area contributed by atoms with Crippen LogP contribution < -0.4 is 0 Å². The van der Waals surface area contributed by atoms with Crippen LogP contribution in [0, 0.1) is 0 Å². The summed E-state index contributed by atoms with van der Waals surface area (Å²) in [6.45, 7) is 1.87. The number of aliphatic imine (C=N–C) groups is 1. The van der Waals surface area contributed by atoms with Crippen LogP contribution in [0.4, 0.5) is 5.69 Å². The van der Waals surface area contributed by atoms with Crippen molar-refractivity contribution in [3.63, 3.8) is 0 Å². The average molecular weight is 182 g/mol. The predicted molar refractivity (Wildman–Crippen MR) is 48.5 cm³/mol. The minimum atomic E-state index is -0.0631. The van der Waals surface area contributed by atoms with E-state index in [1.54, 1.807) is 12.1 Å². The number of carbonyl (C=O) groups excluding carboxylic acids is 1. The second-order valence-corrected chi connectivity index (χ2v) is 3.07. The first-order chi connectivity index (χ1) is 5.74. The van der Waals surface area contributed by atoms with Crippen molar-refractivity contribution in [1.29, 1.82) is 0 Å². The summed E-state index contributed by atoms with van der Waals surface area (Å²) in [6.07, 6.45) is 1.48. The van der Waals surface area contributed by atoms with E-state index in [9.17, 15) is 4.79 Å². The lowest BCUT2D eigenvalue weighted by Crippen LogP contribution is -1.81. The van der Waals surface area contributed by atoms with Gasteiger partial charge in [-0.3, -0.25) is 0 Å². The fourth-order valence-electron chi connectivity index (χ4n) is 0.894. The zero-order valence-corrected chi connectivity index (χ0v) is 7.38. The van der Waals surface area contributed by atoms with Crippen molar-refractivity contribution in [2.75, 3.05) is 0 Å². The first-order valence-electron chi connectivity index (χ1n) is 3.56. The maximum Gasteiger partial charge on any atom is 0.240 e. The van der Waals surface area contributed by atoms with Crippen molar-refractivity contribution in [2.24, 2.45) is 4.99 Å². The summed E-state index contributed by atoms with van der Waals surface area (Å²) in [6, 6.07) is 7.20. The van der Waals surface area contributed by atoms with Gasteiger partial charge in [-0.15, -0.1) is 11.6 Å². The first kappa shape index (κ1) is 8.98. The van der Waals surface area contributed by atoms with Gasteiger partial charge in [-0.05, 0) is 24.6 Å². The maximum atomic E-state index is 9.93. The van der Waals surface area contributed by atoms with E-state index in [0.29, 0.717) is 5.69 Å². The largest absolute Gasteiger partial charge is 0.240 e. The third-order valence-electron chi connectivity index (χ3n) is 1.50. The second-order valence-electron chi connectivity index (χ2n) is 2.41. The standard InChI is InChI=1S/C9H8ClNO/c1-7(10)8-3-2-4-9(5-8)11-6-12/h2-5,7H,1H3. The van der Waals surface area contributed by atoms with Gasteiger partial charge >= 0.3 is 0 Å². The number of rotatable bonds is 2. The topological polar surface area (TPSA) is 29.4 Å². The van der Waals surface area contributed by atoms with Gasteiger partial charge in [-0.2, -0.15) is 4.99 Å². The normalized spacial score (nSPS) is 11.8. The zero-order valence-electron chi connectivity index (χ0n) is 6.62. The molecule has 3 heteroatoms. The lowest BCUT2D eigenvalue weighted by molar-refractivity contribution is 0.565. The van der Waals surface area contributed by atoms with Crippen molar-refractivity contribution in [3.8, 4) is 0 Å². The summed E-state index contributed by atoms with van der Waals surface area (Å²) in [7, 11) is 0. The van der Waals surface area contributed by atoms with E-state index in [-0.39, 0.29) is 5.38 Å². The van der Waals surface area contributed by atoms with Gasteiger partial charge in [0.25, 0.3) is 0 Å². The summed E-state index contributed by atoms with van der Waals surface area (Å²) in [4.78, 5) is 13.4. The molecule has 0 bridgehead atoms. The summed E-state index contributed by atoms with van der Waals surface area (Å²) in [5, 5.41) is -0.0631. The molecule has 0 saturated heterocycles. The monoisotopic (exact) mass is 181 g/mol. The number of isocyanates is 1. The predicted octanol–water partition coefficient (Wildman–Crippen LogP) is 2.95. The highest BCUT2D eigenvalue weighted by molar-refractivity contribution is 6.20. The molecule has 62 valence electrons. The van der Waals surface area contributed by atoms with Crippen LogP contribution >= 0.6 is 11.6 Å². The van der Waals surface area contributed by atoms with Gasteiger partial charge in [0.1, 0.15) is 0 Å². The smallest absolute Gasteiger partial charge is 0.211 e. The fraction of sp³-hybridized carbons (Fsp3) is 0.222. The molecule has 1 aromatic carbocycles. The molecule has 0 saturated carbocycles. The lowest BCUT2D eigenvalue weighted by Gasteiger charge is -2.01. The van der Waals surface area contributed by atoms with E-state index in [0.717, 1.165) is 5.56 Å². The average Bonchev–Trinajstić information content (AvgIpc) is 2.05. The first-order valence-corrected chi connectivity index (χ1v) is 3.99. The van der Waals surface area contributed by atoms with Gasteiger partial charge in [0.2, 0.25) is 6.08 Å². The molecule has 1 atom stereocenters. The molecule has 0 aromatic heterocycles. The summed E-state index contributed by atoms with van der Waals surface area (Å²) in [5.74, 6) is 0. The number of benzene rings is 1. The van der Waals surface area contributed by atoms with Gasteiger partial charge < -0.3 is 0 Å². The van der Waals surface area contributed by atoms with Crippen LogP contribution in [-0.2, 0) is 4.79 Å². The molecule has 12 heavy (non-hydrogen) atoms. The quantitative estimate of drug-likeness (QED) is 0.392. The van der Waals surface area contributed by atoms with E-state index < -0.39 is 0 Å². The Balaban J connectivity index is 3.03. The number of hydrogen-bond acceptors (Lipinski definition) is 2. The Hall–Kier alpha value is -1.11. The fourth-order valence-corrected chi connectivity index (χ4v) is 1.03. The lowest BCUT2D eigenvalue weighted by atomic mass is 10.1. The Morgan fingerprint density at radius 1 is 1.58 bits per heavy atom. The van der Waals surface area contributed by atoms with Crippen molar-refractivity contribution in [3.05, 3.63) is 29.8 Å². The van der Waals surface area contributed by atoms with Crippen molar-refractivity contribution >= 4 is 23.4 Å². The highest BCUT2D eigenvalue weighted by atomic mass is 35.5. The van der Waals surface area contributed by atoms with Gasteiger partial charge in [0.15, 0.2) is 0 Å². The summed E-state index contributed by atoms with van der Waals surface area (Å²) in [5.41, 5.74) is 1.54. The van der Waals surface area contributed by atoms with E-state index in [1.807, 2.05) is 19.1 Å². The van der Waals surface area contributed by atoms with Crippen molar-refractivity contribution < 1.29 is 4.79 Å². The summed E-state index contributed by atoms with van der Waals surface area (Å²) < 4.78 is 0. The SMILES string of the molecule is CC(Cl)c1cccc(N=C=O)c1. The van der Waals surface area contributed by atoms with E-state index in [1.165, 1.54) is 6.08 Å². The van der Waals surface area contributed by atoms with Crippen LogP contribution in [0.5, 0.6) is 0 Å². The van der Waals surface area contributed by atoms with Crippen LogP contribution in [0.25, 0.3) is 0 Å². The molecule has 0 fully saturated rings. The molecule has 0 aliphatic rings. The van der Waals surface area contributed by atoms with Crippen LogP contribution in [0.15, 0.2) is 29.3 Å². The third-order valence-corrected chi connectivity index (χ3v) is 1.76. The van der Waals surface area contributed by atoms with Gasteiger partial charge in [0, 0.05) is 0 Å². The van der Waals surface area contributed by atoms with Crippen LogP contribution in [0.1, 0.15) is 17.9 Å². The van der Waals surface area contributed by atoms with E-state index in [4.69, 9.17) is 11.6 Å². The molecule has 0 heterocycles. The molecule has 2 nitrogen and oxygen atoms in total. The van der Waals surface area contributed by atoms with Crippen molar-refractivity contribution in [2.45, 2.75) is 12.3 Å². The minimum absolute atomic E-state index is 0.0631. The summed E-state index contributed by atoms with van der Waals surface area (Å²) >= 11 is 5.84. The molecule has 0 spiro atoms. The highest BCUT2D eigenvalue weighted by Gasteiger charge is 2.00. The van der Waals surface area contributed by atoms with Crippen molar-refractivity contribution in [1.82, 2.24) is 0 Å². The van der Waals surface area contributed by atoms with Gasteiger partial charge in [-0.1, -0.05) is 12.1 Å².